The van der Waals surface area contributed by atoms with Gasteiger partial charge in [0, 0.05) is 11.1 Å². The van der Waals surface area contributed by atoms with E-state index in [-0.39, 0.29) is 0 Å². The molecule has 0 aromatic heterocycles. The van der Waals surface area contributed by atoms with Gasteiger partial charge in [-0.3, -0.25) is 0 Å². The van der Waals surface area contributed by atoms with E-state index >= 15 is 0 Å². The number of aliphatic hydroxyl groups is 1. The summed E-state index contributed by atoms with van der Waals surface area (Å²) in [5.74, 6) is 0.453. The average molecular weight is 227 g/mol. The molecule has 2 heteroatoms. The van der Waals surface area contributed by atoms with Crippen LogP contribution in [0, 0.1) is 5.92 Å². The van der Waals surface area contributed by atoms with E-state index in [1.807, 2.05) is 0 Å². The number of hydrogen-bond donors (Lipinski definition) is 1. The molecule has 0 radical (unpaired) electrons. The van der Waals surface area contributed by atoms with E-state index in [1.165, 1.54) is 11.1 Å². The molecule has 0 bridgehead atoms. The summed E-state index contributed by atoms with van der Waals surface area (Å²) in [6.45, 7) is 0.312. The largest absolute Gasteiger partial charge is 0.396 e. The molecule has 1 nitrogen and oxygen atoms in total. The van der Waals surface area contributed by atoms with Gasteiger partial charge in [-0.05, 0) is 42.0 Å². The van der Waals surface area contributed by atoms with Crippen LogP contribution in [0.5, 0.6) is 0 Å². The van der Waals surface area contributed by atoms with Crippen LogP contribution >= 0.6 is 15.9 Å². The van der Waals surface area contributed by atoms with Gasteiger partial charge in [0.25, 0.3) is 0 Å². The number of rotatable bonds is 1. The van der Waals surface area contributed by atoms with Gasteiger partial charge >= 0.3 is 0 Å². The lowest BCUT2D eigenvalue weighted by atomic mass is 10.1. The third-order valence-corrected chi connectivity index (χ3v) is 2.94. The van der Waals surface area contributed by atoms with Gasteiger partial charge in [0.15, 0.2) is 0 Å². The summed E-state index contributed by atoms with van der Waals surface area (Å²) in [7, 11) is 0. The zero-order valence-corrected chi connectivity index (χ0v) is 8.34. The first-order valence-corrected chi connectivity index (χ1v) is 4.97. The zero-order chi connectivity index (χ0) is 8.55. The maximum absolute atomic E-state index is 9.00. The Morgan fingerprint density at radius 1 is 1.33 bits per heavy atom. The fourth-order valence-electron chi connectivity index (χ4n) is 1.81. The summed E-state index contributed by atoms with van der Waals surface area (Å²) in [6, 6.07) is 6.37. The highest BCUT2D eigenvalue weighted by molar-refractivity contribution is 9.10. The van der Waals surface area contributed by atoms with Crippen LogP contribution in [-0.4, -0.2) is 11.7 Å². The van der Waals surface area contributed by atoms with E-state index in [0.29, 0.717) is 12.5 Å². The van der Waals surface area contributed by atoms with Crippen molar-refractivity contribution in [3.05, 3.63) is 33.8 Å². The van der Waals surface area contributed by atoms with Crippen LogP contribution in [0.25, 0.3) is 0 Å². The Balaban J connectivity index is 2.30. The normalized spacial score (nSPS) is 21.0. The summed E-state index contributed by atoms with van der Waals surface area (Å²) in [5, 5.41) is 9.00. The highest BCUT2D eigenvalue weighted by atomic mass is 79.9. The quantitative estimate of drug-likeness (QED) is 0.779. The van der Waals surface area contributed by atoms with Crippen molar-refractivity contribution in [3.63, 3.8) is 0 Å². The molecule has 0 saturated carbocycles. The first-order valence-electron chi connectivity index (χ1n) is 4.18. The molecule has 1 atom stereocenters. The van der Waals surface area contributed by atoms with Crippen LogP contribution in [0.3, 0.4) is 0 Å². The van der Waals surface area contributed by atoms with Gasteiger partial charge in [0.05, 0.1) is 0 Å². The Hall–Kier alpha value is -0.340. The lowest BCUT2D eigenvalue weighted by Crippen LogP contribution is -2.04. The topological polar surface area (TPSA) is 20.2 Å². The van der Waals surface area contributed by atoms with Crippen LogP contribution in [0.4, 0.5) is 0 Å². The number of benzene rings is 1. The first kappa shape index (κ1) is 8.27. The van der Waals surface area contributed by atoms with Crippen LogP contribution < -0.4 is 0 Å². The van der Waals surface area contributed by atoms with Gasteiger partial charge in [-0.15, -0.1) is 0 Å². The smallest absolute Gasteiger partial charge is 0.0465 e. The Labute approximate surface area is 80.5 Å². The highest BCUT2D eigenvalue weighted by Gasteiger charge is 2.20. The monoisotopic (exact) mass is 226 g/mol. The summed E-state index contributed by atoms with van der Waals surface area (Å²) < 4.78 is 1.14. The van der Waals surface area contributed by atoms with Crippen LogP contribution in [0.2, 0.25) is 0 Å². The summed E-state index contributed by atoms with van der Waals surface area (Å²) in [4.78, 5) is 0. The fraction of sp³-hybridized carbons (Fsp3) is 0.400. The Kier molecular flexibility index (Phi) is 2.20. The highest BCUT2D eigenvalue weighted by Crippen LogP contribution is 2.28. The van der Waals surface area contributed by atoms with Crippen molar-refractivity contribution in [1.29, 1.82) is 0 Å². The molecule has 0 aliphatic heterocycles. The second-order valence-corrected chi connectivity index (χ2v) is 4.29. The van der Waals surface area contributed by atoms with Crippen LogP contribution in [-0.2, 0) is 12.8 Å². The molecule has 1 aliphatic carbocycles. The molecule has 0 amide bonds. The lowest BCUT2D eigenvalue weighted by molar-refractivity contribution is 0.232. The first-order chi connectivity index (χ1) is 5.79. The molecule has 1 N–H and O–H groups in total. The molecule has 0 heterocycles. The second-order valence-electron chi connectivity index (χ2n) is 3.37. The number of halogens is 1. The number of aliphatic hydroxyl groups excluding tert-OH is 1. The molecular formula is C10H11BrO. The minimum absolute atomic E-state index is 0.312. The molecule has 0 fully saturated rings. The van der Waals surface area contributed by atoms with Crippen molar-refractivity contribution < 1.29 is 5.11 Å². The summed E-state index contributed by atoms with van der Waals surface area (Å²) in [6.07, 6.45) is 2.07. The molecule has 1 aliphatic rings. The van der Waals surface area contributed by atoms with Crippen molar-refractivity contribution in [2.24, 2.45) is 5.92 Å². The van der Waals surface area contributed by atoms with Crippen molar-refractivity contribution in [1.82, 2.24) is 0 Å². The van der Waals surface area contributed by atoms with E-state index in [9.17, 15) is 0 Å². The van der Waals surface area contributed by atoms with Crippen molar-refractivity contribution in [3.8, 4) is 0 Å². The van der Waals surface area contributed by atoms with Gasteiger partial charge in [-0.1, -0.05) is 22.0 Å². The van der Waals surface area contributed by atoms with Gasteiger partial charge in [0.2, 0.25) is 0 Å². The van der Waals surface area contributed by atoms with Gasteiger partial charge in [-0.2, -0.15) is 0 Å². The molecule has 2 rings (SSSR count). The Morgan fingerprint density at radius 2 is 2.08 bits per heavy atom. The standard InChI is InChI=1S/C10H11BrO/c11-10-2-1-8-3-7(6-12)4-9(8)5-10/h1-2,5,7,12H,3-4,6H2/t7-/m0/s1. The third-order valence-electron chi connectivity index (χ3n) is 2.44. The summed E-state index contributed by atoms with van der Waals surface area (Å²) >= 11 is 3.44. The van der Waals surface area contributed by atoms with Crippen molar-refractivity contribution >= 4 is 15.9 Å². The predicted octanol–water partition coefficient (Wildman–Crippen LogP) is 2.16. The molecule has 12 heavy (non-hydrogen) atoms. The average Bonchev–Trinajstić information content (AvgIpc) is 2.46. The zero-order valence-electron chi connectivity index (χ0n) is 6.76. The fourth-order valence-corrected chi connectivity index (χ4v) is 2.22. The van der Waals surface area contributed by atoms with E-state index < -0.39 is 0 Å². The number of hydrogen-bond acceptors (Lipinski definition) is 1. The van der Waals surface area contributed by atoms with Gasteiger partial charge < -0.3 is 5.11 Å². The minimum atomic E-state index is 0.312. The van der Waals surface area contributed by atoms with Gasteiger partial charge in [0.1, 0.15) is 0 Å². The van der Waals surface area contributed by atoms with Gasteiger partial charge in [-0.25, -0.2) is 0 Å². The molecular weight excluding hydrogens is 216 g/mol. The molecule has 0 saturated heterocycles. The van der Waals surface area contributed by atoms with E-state index in [0.717, 1.165) is 17.3 Å². The number of fused-ring (bicyclic) bond motifs is 1. The lowest BCUT2D eigenvalue weighted by Gasteiger charge is -2.00. The Morgan fingerprint density at radius 3 is 2.83 bits per heavy atom. The van der Waals surface area contributed by atoms with Crippen LogP contribution in [0.15, 0.2) is 22.7 Å². The molecule has 1 aromatic carbocycles. The molecule has 64 valence electrons. The minimum Gasteiger partial charge on any atom is -0.396 e. The molecule has 0 unspecified atom stereocenters. The SMILES string of the molecule is OC[C@H]1Cc2ccc(Br)cc2C1. The predicted molar refractivity (Wildman–Crippen MR) is 52.1 cm³/mol. The molecule has 1 aromatic rings. The van der Waals surface area contributed by atoms with E-state index in [1.54, 1.807) is 0 Å². The second kappa shape index (κ2) is 3.19. The Bertz CT molecular complexity index is 296. The maximum Gasteiger partial charge on any atom is 0.0465 e. The summed E-state index contributed by atoms with van der Waals surface area (Å²) in [5.41, 5.74) is 2.79. The van der Waals surface area contributed by atoms with Crippen molar-refractivity contribution in [2.75, 3.05) is 6.61 Å². The van der Waals surface area contributed by atoms with Crippen molar-refractivity contribution in [2.45, 2.75) is 12.8 Å². The van der Waals surface area contributed by atoms with Crippen LogP contribution in [0.1, 0.15) is 11.1 Å². The van der Waals surface area contributed by atoms with E-state index in [4.69, 9.17) is 5.11 Å². The molecule has 0 spiro atoms. The van der Waals surface area contributed by atoms with E-state index in [2.05, 4.69) is 34.1 Å². The third kappa shape index (κ3) is 1.41. The maximum atomic E-state index is 9.00.